The molecule has 0 unspecified atom stereocenters. The van der Waals surface area contributed by atoms with Gasteiger partial charge in [0.05, 0.1) is 25.4 Å². The molecule has 190 valence electrons. The molecular formula is C23H31N5O7. The molecule has 1 aromatic heterocycles. The normalized spacial score (nSPS) is 11.4. The molecule has 35 heavy (non-hydrogen) atoms. The molecule has 2 rings (SSSR count). The molecule has 0 bridgehead atoms. The number of anilines is 2. The van der Waals surface area contributed by atoms with Crippen molar-refractivity contribution in [3.63, 3.8) is 0 Å². The average Bonchev–Trinajstić information content (AvgIpc) is 2.81. The van der Waals surface area contributed by atoms with E-state index in [0.717, 1.165) is 0 Å². The first-order chi connectivity index (χ1) is 16.7. The topological polar surface area (TPSA) is 189 Å². The van der Waals surface area contributed by atoms with Crippen molar-refractivity contribution < 1.29 is 28.6 Å². The van der Waals surface area contributed by atoms with Crippen LogP contribution < -0.4 is 27.1 Å². The van der Waals surface area contributed by atoms with Gasteiger partial charge in [-0.15, -0.1) is 0 Å². The molecule has 0 aliphatic carbocycles. The maximum Gasteiger partial charge on any atom is 0.328 e. The maximum absolute atomic E-state index is 12.6. The lowest BCUT2D eigenvalue weighted by Gasteiger charge is -2.17. The van der Waals surface area contributed by atoms with Gasteiger partial charge in [-0.3, -0.25) is 19.4 Å². The van der Waals surface area contributed by atoms with Crippen molar-refractivity contribution in [1.82, 2.24) is 15.3 Å². The molecule has 1 heterocycles. The van der Waals surface area contributed by atoms with Crippen molar-refractivity contribution >= 4 is 29.6 Å². The van der Waals surface area contributed by atoms with E-state index < -0.39 is 23.9 Å². The van der Waals surface area contributed by atoms with Gasteiger partial charge in [-0.25, -0.2) is 4.79 Å². The second kappa shape index (κ2) is 13.6. The van der Waals surface area contributed by atoms with Gasteiger partial charge in [0, 0.05) is 12.0 Å². The average molecular weight is 490 g/mol. The number of ether oxygens (including phenoxy) is 3. The Morgan fingerprint density at radius 3 is 2.40 bits per heavy atom. The molecule has 1 aromatic carbocycles. The number of carbonyl (C=O) groups excluding carboxylic acids is 3. The van der Waals surface area contributed by atoms with Gasteiger partial charge in [-0.1, -0.05) is 0 Å². The van der Waals surface area contributed by atoms with E-state index in [9.17, 15) is 19.2 Å². The number of nitrogens with two attached hydrogens (primary N) is 2. The lowest BCUT2D eigenvalue weighted by Crippen LogP contribution is -2.42. The molecule has 0 saturated heterocycles. The fourth-order valence-electron chi connectivity index (χ4n) is 3.15. The van der Waals surface area contributed by atoms with Gasteiger partial charge in [-0.2, -0.15) is 4.98 Å². The highest BCUT2D eigenvalue weighted by Crippen LogP contribution is 2.14. The Morgan fingerprint density at radius 1 is 1.09 bits per heavy atom. The van der Waals surface area contributed by atoms with Crippen LogP contribution in [0, 0.1) is 0 Å². The number of hydrogen-bond donors (Lipinski definition) is 4. The zero-order valence-electron chi connectivity index (χ0n) is 19.8. The van der Waals surface area contributed by atoms with E-state index in [2.05, 4.69) is 15.3 Å². The summed E-state index contributed by atoms with van der Waals surface area (Å²) in [5.41, 5.74) is 11.4. The summed E-state index contributed by atoms with van der Waals surface area (Å²) in [6, 6.07) is 5.33. The third-order valence-corrected chi connectivity index (χ3v) is 4.84. The first kappa shape index (κ1) is 27.2. The van der Waals surface area contributed by atoms with E-state index in [1.54, 1.807) is 38.1 Å². The minimum atomic E-state index is -0.985. The number of esters is 2. The second-order valence-corrected chi connectivity index (χ2v) is 7.41. The number of nitrogen functional groups attached to an aromatic ring is 2. The van der Waals surface area contributed by atoms with Crippen molar-refractivity contribution in [2.75, 3.05) is 31.3 Å². The summed E-state index contributed by atoms with van der Waals surface area (Å²) >= 11 is 0. The highest BCUT2D eigenvalue weighted by atomic mass is 16.5. The van der Waals surface area contributed by atoms with Gasteiger partial charge in [-0.05, 0) is 57.4 Å². The number of amides is 1. The van der Waals surface area contributed by atoms with Gasteiger partial charge in [0.1, 0.15) is 17.6 Å². The monoisotopic (exact) mass is 489 g/mol. The molecule has 12 nitrogen and oxygen atoms in total. The summed E-state index contributed by atoms with van der Waals surface area (Å²) in [7, 11) is 0. The summed E-state index contributed by atoms with van der Waals surface area (Å²) in [5, 5.41) is 2.60. The molecule has 1 atom stereocenters. The standard InChI is InChI=1S/C23H31N5O7/c1-3-33-18(29)12-11-17(22(32)34-4-2)26-20(30)14-7-9-15(10-8-14)35-13-5-6-16-19(24)27-23(25)28-21(16)31/h7-10,17H,3-6,11-13H2,1-2H3,(H,26,30)(H5,24,25,27,28,31)/t17-/m0/s1. The SMILES string of the molecule is CCOC(=O)CC[C@H](NC(=O)c1ccc(OCCCc2c(N)nc(N)[nH]c2=O)cc1)C(=O)OCC. The van der Waals surface area contributed by atoms with E-state index in [4.69, 9.17) is 25.7 Å². The zero-order valence-corrected chi connectivity index (χ0v) is 19.8. The van der Waals surface area contributed by atoms with Gasteiger partial charge >= 0.3 is 11.9 Å². The molecule has 6 N–H and O–H groups in total. The van der Waals surface area contributed by atoms with Gasteiger partial charge in [0.15, 0.2) is 0 Å². The Labute approximate surface area is 202 Å². The fourth-order valence-corrected chi connectivity index (χ4v) is 3.15. The van der Waals surface area contributed by atoms with Crippen LogP contribution in [0.5, 0.6) is 5.75 Å². The van der Waals surface area contributed by atoms with E-state index in [1.807, 2.05) is 0 Å². The fraction of sp³-hybridized carbons (Fsp3) is 0.435. The highest BCUT2D eigenvalue weighted by Gasteiger charge is 2.24. The number of rotatable bonds is 13. The third kappa shape index (κ3) is 8.65. The lowest BCUT2D eigenvalue weighted by atomic mass is 10.1. The minimum absolute atomic E-state index is 0.0334. The predicted octanol–water partition coefficient (Wildman–Crippen LogP) is 0.951. The quantitative estimate of drug-likeness (QED) is 0.233. The molecular weight excluding hydrogens is 458 g/mol. The van der Waals surface area contributed by atoms with Crippen LogP contribution in [0.3, 0.4) is 0 Å². The number of benzene rings is 1. The second-order valence-electron chi connectivity index (χ2n) is 7.41. The van der Waals surface area contributed by atoms with E-state index in [-0.39, 0.29) is 43.4 Å². The van der Waals surface area contributed by atoms with Gasteiger partial charge in [0.2, 0.25) is 5.95 Å². The van der Waals surface area contributed by atoms with Crippen molar-refractivity contribution in [2.24, 2.45) is 0 Å². The molecule has 0 saturated carbocycles. The number of H-pyrrole nitrogens is 1. The first-order valence-corrected chi connectivity index (χ1v) is 11.2. The highest BCUT2D eigenvalue weighted by molar-refractivity contribution is 5.97. The lowest BCUT2D eigenvalue weighted by molar-refractivity contribution is -0.146. The summed E-state index contributed by atoms with van der Waals surface area (Å²) < 4.78 is 15.5. The van der Waals surface area contributed by atoms with Crippen LogP contribution in [0.15, 0.2) is 29.1 Å². The molecule has 0 aliphatic heterocycles. The number of aromatic amines is 1. The Balaban J connectivity index is 1.89. The van der Waals surface area contributed by atoms with E-state index >= 15 is 0 Å². The first-order valence-electron chi connectivity index (χ1n) is 11.2. The Kier molecular flexibility index (Phi) is 10.5. The number of nitrogens with one attached hydrogen (secondary N) is 2. The van der Waals surface area contributed by atoms with Crippen LogP contribution >= 0.6 is 0 Å². The van der Waals surface area contributed by atoms with Crippen LogP contribution in [0.25, 0.3) is 0 Å². The van der Waals surface area contributed by atoms with E-state index in [0.29, 0.717) is 36.3 Å². The largest absolute Gasteiger partial charge is 0.494 e. The van der Waals surface area contributed by atoms with Crippen molar-refractivity contribution in [3.05, 3.63) is 45.7 Å². The zero-order chi connectivity index (χ0) is 25.8. The Bertz CT molecular complexity index is 1070. The molecule has 12 heteroatoms. The summed E-state index contributed by atoms with van der Waals surface area (Å²) in [5.74, 6) is -1.01. The number of aromatic nitrogens is 2. The number of carbonyl (C=O) groups is 3. The number of nitrogens with zero attached hydrogens (tertiary/aromatic N) is 1. The molecule has 0 radical (unpaired) electrons. The van der Waals surface area contributed by atoms with Crippen molar-refractivity contribution in [1.29, 1.82) is 0 Å². The van der Waals surface area contributed by atoms with Crippen LogP contribution in [0.4, 0.5) is 11.8 Å². The predicted molar refractivity (Wildman–Crippen MR) is 128 cm³/mol. The molecule has 2 aromatic rings. The molecule has 0 spiro atoms. The molecule has 0 aliphatic rings. The third-order valence-electron chi connectivity index (χ3n) is 4.84. The van der Waals surface area contributed by atoms with Crippen LogP contribution in [0.2, 0.25) is 0 Å². The van der Waals surface area contributed by atoms with E-state index in [1.165, 1.54) is 0 Å². The molecule has 1 amide bonds. The van der Waals surface area contributed by atoms with Crippen molar-refractivity contribution in [2.45, 2.75) is 45.6 Å². The summed E-state index contributed by atoms with van der Waals surface area (Å²) in [6.45, 7) is 4.01. The number of hydrogen-bond acceptors (Lipinski definition) is 10. The Morgan fingerprint density at radius 2 is 1.77 bits per heavy atom. The van der Waals surface area contributed by atoms with Gasteiger partial charge in [0.25, 0.3) is 11.5 Å². The van der Waals surface area contributed by atoms with Gasteiger partial charge < -0.3 is 31.0 Å². The van der Waals surface area contributed by atoms with Crippen LogP contribution in [-0.2, 0) is 25.5 Å². The van der Waals surface area contributed by atoms with Crippen LogP contribution in [0.1, 0.15) is 49.0 Å². The summed E-state index contributed by atoms with van der Waals surface area (Å²) in [4.78, 5) is 54.6. The van der Waals surface area contributed by atoms with Crippen molar-refractivity contribution in [3.8, 4) is 5.75 Å². The smallest absolute Gasteiger partial charge is 0.328 e. The maximum atomic E-state index is 12.6. The molecule has 0 fully saturated rings. The minimum Gasteiger partial charge on any atom is -0.494 e. The van der Waals surface area contributed by atoms with Crippen LogP contribution in [-0.4, -0.2) is 53.7 Å². The Hall–Kier alpha value is -4.09. The summed E-state index contributed by atoms with van der Waals surface area (Å²) in [6.07, 6.45) is 0.884.